The number of nitrogens with two attached hydrogens (primary N) is 1. The van der Waals surface area contributed by atoms with Crippen LogP contribution in [0.15, 0.2) is 35.7 Å². The fourth-order valence-electron chi connectivity index (χ4n) is 1.41. The number of aliphatic hydroxyl groups excluding tert-OH is 1. The van der Waals surface area contributed by atoms with Gasteiger partial charge in [0.1, 0.15) is 6.07 Å². The second-order valence-corrected chi connectivity index (χ2v) is 4.05. The summed E-state index contributed by atoms with van der Waals surface area (Å²) in [6, 6.07) is 9.86. The molecule has 0 heterocycles. The first-order chi connectivity index (χ1) is 7.54. The van der Waals surface area contributed by atoms with E-state index >= 15 is 0 Å². The van der Waals surface area contributed by atoms with Crippen LogP contribution < -0.4 is 5.73 Å². The maximum atomic E-state index is 9.05. The molecule has 1 aromatic rings. The van der Waals surface area contributed by atoms with Gasteiger partial charge in [-0.15, -0.1) is 0 Å². The lowest BCUT2D eigenvalue weighted by atomic mass is 9.99. The van der Waals surface area contributed by atoms with Gasteiger partial charge in [0.2, 0.25) is 0 Å². The summed E-state index contributed by atoms with van der Waals surface area (Å²) in [4.78, 5) is 0. The van der Waals surface area contributed by atoms with Crippen molar-refractivity contribution in [3.05, 3.63) is 46.8 Å². The average Bonchev–Trinajstić information content (AvgIpc) is 2.26. The monoisotopic (exact) mass is 216 g/mol. The highest BCUT2D eigenvalue weighted by atomic mass is 16.3. The van der Waals surface area contributed by atoms with Crippen molar-refractivity contribution in [3.8, 4) is 6.07 Å². The summed E-state index contributed by atoms with van der Waals surface area (Å²) in [6.45, 7) is 4.25. The predicted octanol–water partition coefficient (Wildman–Crippen LogP) is 2.60. The fourth-order valence-corrected chi connectivity index (χ4v) is 1.41. The van der Waals surface area contributed by atoms with E-state index in [2.05, 4.69) is 13.8 Å². The number of nitrogens with zero attached hydrogens (tertiary/aromatic N) is 1. The molecule has 0 aliphatic heterocycles. The standard InChI is InChI=1S/C13H16N2O/c1-9(2)11-5-3-10(4-6-11)7-12(8-14)13(15)16/h3-6,9,16H,7,15H2,1-2H3. The molecule has 0 aliphatic rings. The van der Waals surface area contributed by atoms with Crippen LogP contribution in [0.5, 0.6) is 0 Å². The predicted molar refractivity (Wildman–Crippen MR) is 63.7 cm³/mol. The van der Waals surface area contributed by atoms with Gasteiger partial charge in [-0.25, -0.2) is 0 Å². The maximum Gasteiger partial charge on any atom is 0.195 e. The van der Waals surface area contributed by atoms with Gasteiger partial charge in [0.05, 0.1) is 5.57 Å². The SMILES string of the molecule is CC(C)c1ccc(CC(C#N)=C(N)O)cc1. The molecule has 3 N–H and O–H groups in total. The van der Waals surface area contributed by atoms with Gasteiger partial charge in [-0.05, 0) is 17.0 Å². The minimum Gasteiger partial charge on any atom is -0.494 e. The molecule has 0 amide bonds. The largest absolute Gasteiger partial charge is 0.494 e. The van der Waals surface area contributed by atoms with Crippen LogP contribution in [-0.4, -0.2) is 5.11 Å². The highest BCUT2D eigenvalue weighted by Gasteiger charge is 2.04. The van der Waals surface area contributed by atoms with E-state index < -0.39 is 5.88 Å². The third-order valence-corrected chi connectivity index (χ3v) is 2.47. The van der Waals surface area contributed by atoms with Crippen molar-refractivity contribution in [3.63, 3.8) is 0 Å². The molecule has 0 spiro atoms. The number of hydrogen-bond donors (Lipinski definition) is 2. The number of allylic oxidation sites excluding steroid dienone is 1. The smallest absolute Gasteiger partial charge is 0.195 e. The molecule has 0 unspecified atom stereocenters. The fraction of sp³-hybridized carbons (Fsp3) is 0.308. The van der Waals surface area contributed by atoms with E-state index in [4.69, 9.17) is 16.1 Å². The van der Waals surface area contributed by atoms with Gasteiger partial charge in [-0.3, -0.25) is 0 Å². The quantitative estimate of drug-likeness (QED) is 0.602. The Kier molecular flexibility index (Phi) is 3.96. The number of hydrogen-bond acceptors (Lipinski definition) is 3. The van der Waals surface area contributed by atoms with Crippen LogP contribution in [0.2, 0.25) is 0 Å². The molecular weight excluding hydrogens is 200 g/mol. The summed E-state index contributed by atoms with van der Waals surface area (Å²) in [5, 5.41) is 17.8. The molecule has 1 rings (SSSR count). The molecule has 0 fully saturated rings. The van der Waals surface area contributed by atoms with Crippen molar-refractivity contribution >= 4 is 0 Å². The molecule has 0 aromatic heterocycles. The number of aliphatic hydroxyl groups is 1. The Morgan fingerprint density at radius 1 is 1.38 bits per heavy atom. The van der Waals surface area contributed by atoms with Crippen LogP contribution in [0.1, 0.15) is 30.9 Å². The molecule has 16 heavy (non-hydrogen) atoms. The number of benzene rings is 1. The van der Waals surface area contributed by atoms with E-state index in [9.17, 15) is 0 Å². The molecule has 84 valence electrons. The van der Waals surface area contributed by atoms with Gasteiger partial charge >= 0.3 is 0 Å². The Morgan fingerprint density at radius 3 is 2.31 bits per heavy atom. The van der Waals surface area contributed by atoms with Crippen LogP contribution in [0.25, 0.3) is 0 Å². The summed E-state index contributed by atoms with van der Waals surface area (Å²) in [5.74, 6) is 0.0957. The van der Waals surface area contributed by atoms with E-state index in [1.807, 2.05) is 30.3 Å². The van der Waals surface area contributed by atoms with Crippen molar-refractivity contribution in [2.45, 2.75) is 26.2 Å². The Bertz CT molecular complexity index is 420. The normalized spacial score (nSPS) is 12.1. The first kappa shape index (κ1) is 12.1. The molecule has 0 aliphatic carbocycles. The molecule has 0 radical (unpaired) electrons. The Morgan fingerprint density at radius 2 is 1.94 bits per heavy atom. The van der Waals surface area contributed by atoms with Crippen molar-refractivity contribution in [1.29, 1.82) is 5.26 Å². The molecule has 3 heteroatoms. The summed E-state index contributed by atoms with van der Waals surface area (Å²) in [5.41, 5.74) is 7.61. The second kappa shape index (κ2) is 5.22. The summed E-state index contributed by atoms with van der Waals surface area (Å²) in [6.07, 6.45) is 0.372. The van der Waals surface area contributed by atoms with Crippen LogP contribution in [0.3, 0.4) is 0 Å². The van der Waals surface area contributed by atoms with Crippen molar-refractivity contribution in [2.75, 3.05) is 0 Å². The zero-order valence-corrected chi connectivity index (χ0v) is 9.57. The first-order valence-corrected chi connectivity index (χ1v) is 5.21. The van der Waals surface area contributed by atoms with E-state index in [-0.39, 0.29) is 5.57 Å². The van der Waals surface area contributed by atoms with Gasteiger partial charge in [0.25, 0.3) is 0 Å². The molecule has 0 saturated carbocycles. The van der Waals surface area contributed by atoms with Crippen molar-refractivity contribution < 1.29 is 5.11 Å². The number of nitriles is 1. The molecular formula is C13H16N2O. The summed E-state index contributed by atoms with van der Waals surface area (Å²) in [7, 11) is 0. The van der Waals surface area contributed by atoms with Crippen LogP contribution in [0, 0.1) is 11.3 Å². The minimum atomic E-state index is -0.393. The van der Waals surface area contributed by atoms with E-state index in [1.165, 1.54) is 5.56 Å². The van der Waals surface area contributed by atoms with Crippen LogP contribution in [0.4, 0.5) is 0 Å². The highest BCUT2D eigenvalue weighted by Crippen LogP contribution is 2.16. The topological polar surface area (TPSA) is 70.0 Å². The first-order valence-electron chi connectivity index (χ1n) is 5.21. The Hall–Kier alpha value is -1.95. The zero-order chi connectivity index (χ0) is 12.1. The van der Waals surface area contributed by atoms with Gasteiger partial charge < -0.3 is 10.8 Å². The Balaban J connectivity index is 2.85. The van der Waals surface area contributed by atoms with Gasteiger partial charge in [-0.2, -0.15) is 5.26 Å². The lowest BCUT2D eigenvalue weighted by molar-refractivity contribution is 0.399. The lowest BCUT2D eigenvalue weighted by Gasteiger charge is -2.06. The summed E-state index contributed by atoms with van der Waals surface area (Å²) >= 11 is 0. The minimum absolute atomic E-state index is 0.206. The van der Waals surface area contributed by atoms with E-state index in [0.29, 0.717) is 12.3 Å². The average molecular weight is 216 g/mol. The van der Waals surface area contributed by atoms with Crippen LogP contribution in [-0.2, 0) is 6.42 Å². The second-order valence-electron chi connectivity index (χ2n) is 4.05. The van der Waals surface area contributed by atoms with Gasteiger partial charge in [-0.1, -0.05) is 38.1 Å². The molecule has 3 nitrogen and oxygen atoms in total. The molecule has 1 aromatic carbocycles. The molecule has 0 atom stereocenters. The molecule has 0 bridgehead atoms. The maximum absolute atomic E-state index is 9.05. The van der Waals surface area contributed by atoms with Gasteiger partial charge in [0.15, 0.2) is 5.88 Å². The highest BCUT2D eigenvalue weighted by molar-refractivity contribution is 5.33. The van der Waals surface area contributed by atoms with Crippen molar-refractivity contribution in [1.82, 2.24) is 0 Å². The lowest BCUT2D eigenvalue weighted by Crippen LogP contribution is -2.02. The third kappa shape index (κ3) is 3.03. The molecule has 0 saturated heterocycles. The summed E-state index contributed by atoms with van der Waals surface area (Å²) < 4.78 is 0. The van der Waals surface area contributed by atoms with Crippen molar-refractivity contribution in [2.24, 2.45) is 5.73 Å². The zero-order valence-electron chi connectivity index (χ0n) is 9.57. The van der Waals surface area contributed by atoms with Gasteiger partial charge in [0, 0.05) is 6.42 Å². The van der Waals surface area contributed by atoms with E-state index in [1.54, 1.807) is 0 Å². The third-order valence-electron chi connectivity index (χ3n) is 2.47. The Labute approximate surface area is 95.8 Å². The van der Waals surface area contributed by atoms with E-state index in [0.717, 1.165) is 5.56 Å². The number of rotatable bonds is 3. The van der Waals surface area contributed by atoms with Crippen LogP contribution >= 0.6 is 0 Å².